The molecule has 1 aromatic carbocycles. The SMILES string of the molecule is CCn1cnnc1CNC(=O)Cc1ccc2c(c1)OCCO2. The third kappa shape index (κ3) is 3.19. The van der Waals surface area contributed by atoms with Crippen LogP contribution in [0, 0.1) is 0 Å². The first kappa shape index (κ1) is 14.4. The maximum atomic E-state index is 12.0. The number of hydrogen-bond acceptors (Lipinski definition) is 5. The van der Waals surface area contributed by atoms with Crippen LogP contribution in [0.3, 0.4) is 0 Å². The summed E-state index contributed by atoms with van der Waals surface area (Å²) in [5, 5.41) is 10.7. The van der Waals surface area contributed by atoms with E-state index >= 15 is 0 Å². The Balaban J connectivity index is 1.57. The number of benzene rings is 1. The molecule has 116 valence electrons. The first-order chi connectivity index (χ1) is 10.8. The van der Waals surface area contributed by atoms with Gasteiger partial charge in [0.25, 0.3) is 0 Å². The first-order valence-electron chi connectivity index (χ1n) is 7.28. The van der Waals surface area contributed by atoms with E-state index in [2.05, 4.69) is 15.5 Å². The molecule has 3 rings (SSSR count). The van der Waals surface area contributed by atoms with E-state index in [4.69, 9.17) is 9.47 Å². The van der Waals surface area contributed by atoms with Crippen LogP contribution in [0.25, 0.3) is 0 Å². The molecule has 0 bridgehead atoms. The molecule has 1 aromatic heterocycles. The minimum Gasteiger partial charge on any atom is -0.486 e. The first-order valence-corrected chi connectivity index (χ1v) is 7.28. The molecule has 7 heteroatoms. The molecule has 2 heterocycles. The van der Waals surface area contributed by atoms with E-state index in [-0.39, 0.29) is 12.3 Å². The maximum absolute atomic E-state index is 12.0. The number of rotatable bonds is 5. The highest BCUT2D eigenvalue weighted by Crippen LogP contribution is 2.30. The Labute approximate surface area is 128 Å². The zero-order valence-electron chi connectivity index (χ0n) is 12.4. The summed E-state index contributed by atoms with van der Waals surface area (Å²) in [6.45, 7) is 4.25. The number of nitrogens with one attached hydrogen (secondary N) is 1. The maximum Gasteiger partial charge on any atom is 0.224 e. The molecule has 0 fully saturated rings. The van der Waals surface area contributed by atoms with Crippen LogP contribution in [-0.2, 0) is 24.3 Å². The molecule has 0 saturated carbocycles. The summed E-state index contributed by atoms with van der Waals surface area (Å²) in [5.41, 5.74) is 0.888. The Morgan fingerprint density at radius 2 is 2.14 bits per heavy atom. The standard InChI is InChI=1S/C15H18N4O3/c1-2-19-10-17-18-14(19)9-16-15(20)8-11-3-4-12-13(7-11)22-6-5-21-12/h3-4,7,10H,2,5-6,8-9H2,1H3,(H,16,20). The molecular formula is C15H18N4O3. The van der Waals surface area contributed by atoms with Gasteiger partial charge < -0.3 is 19.4 Å². The van der Waals surface area contributed by atoms with Crippen LogP contribution in [0.1, 0.15) is 18.3 Å². The third-order valence-corrected chi connectivity index (χ3v) is 3.45. The smallest absolute Gasteiger partial charge is 0.224 e. The highest BCUT2D eigenvalue weighted by molar-refractivity contribution is 5.78. The lowest BCUT2D eigenvalue weighted by Crippen LogP contribution is -2.26. The van der Waals surface area contributed by atoms with Crippen molar-refractivity contribution in [2.24, 2.45) is 0 Å². The van der Waals surface area contributed by atoms with Gasteiger partial charge in [-0.05, 0) is 24.6 Å². The van der Waals surface area contributed by atoms with E-state index in [0.29, 0.717) is 25.5 Å². The van der Waals surface area contributed by atoms with Gasteiger partial charge in [-0.3, -0.25) is 4.79 Å². The number of carbonyl (C=O) groups is 1. The lowest BCUT2D eigenvalue weighted by atomic mass is 10.1. The Morgan fingerprint density at radius 3 is 2.95 bits per heavy atom. The number of amides is 1. The van der Waals surface area contributed by atoms with E-state index in [1.165, 1.54) is 0 Å². The molecule has 1 N–H and O–H groups in total. The quantitative estimate of drug-likeness (QED) is 0.889. The second-order valence-electron chi connectivity index (χ2n) is 4.96. The van der Waals surface area contributed by atoms with E-state index in [1.54, 1.807) is 6.33 Å². The van der Waals surface area contributed by atoms with Gasteiger partial charge >= 0.3 is 0 Å². The van der Waals surface area contributed by atoms with Crippen molar-refractivity contribution in [2.45, 2.75) is 26.4 Å². The highest BCUT2D eigenvalue weighted by Gasteiger charge is 2.13. The van der Waals surface area contributed by atoms with Gasteiger partial charge in [0.05, 0.1) is 13.0 Å². The van der Waals surface area contributed by atoms with E-state index in [0.717, 1.165) is 23.7 Å². The normalized spacial score (nSPS) is 13.0. The van der Waals surface area contributed by atoms with Gasteiger partial charge in [0.1, 0.15) is 19.5 Å². The van der Waals surface area contributed by atoms with Crippen molar-refractivity contribution < 1.29 is 14.3 Å². The molecule has 0 spiro atoms. The molecule has 0 aliphatic carbocycles. The summed E-state index contributed by atoms with van der Waals surface area (Å²) in [5.74, 6) is 2.11. The van der Waals surface area contributed by atoms with E-state index in [9.17, 15) is 4.79 Å². The van der Waals surface area contributed by atoms with Gasteiger partial charge in [0, 0.05) is 6.54 Å². The molecule has 1 amide bonds. The predicted octanol–water partition coefficient (Wildman–Crippen LogP) is 0.928. The number of ether oxygens (including phenoxy) is 2. The fraction of sp³-hybridized carbons (Fsp3) is 0.400. The average Bonchev–Trinajstić information content (AvgIpc) is 3.00. The lowest BCUT2D eigenvalue weighted by molar-refractivity contribution is -0.120. The Hall–Kier alpha value is -2.57. The summed E-state index contributed by atoms with van der Waals surface area (Å²) in [6.07, 6.45) is 1.94. The zero-order valence-corrected chi connectivity index (χ0v) is 12.4. The molecular weight excluding hydrogens is 284 g/mol. The molecule has 0 saturated heterocycles. The Kier molecular flexibility index (Phi) is 4.22. The molecule has 7 nitrogen and oxygen atoms in total. The number of aryl methyl sites for hydroxylation is 1. The van der Waals surface area contributed by atoms with Crippen LogP contribution in [0.5, 0.6) is 11.5 Å². The molecule has 2 aromatic rings. The van der Waals surface area contributed by atoms with Crippen LogP contribution < -0.4 is 14.8 Å². The van der Waals surface area contributed by atoms with E-state index < -0.39 is 0 Å². The minimum atomic E-state index is -0.0673. The zero-order chi connectivity index (χ0) is 15.4. The van der Waals surface area contributed by atoms with Crippen LogP contribution in [-0.4, -0.2) is 33.9 Å². The second kappa shape index (κ2) is 6.46. The fourth-order valence-corrected chi connectivity index (χ4v) is 2.30. The minimum absolute atomic E-state index is 0.0673. The van der Waals surface area contributed by atoms with Crippen molar-refractivity contribution >= 4 is 5.91 Å². The molecule has 0 radical (unpaired) electrons. The molecule has 1 aliphatic heterocycles. The van der Waals surface area contributed by atoms with Crippen LogP contribution >= 0.6 is 0 Å². The van der Waals surface area contributed by atoms with Gasteiger partial charge in [0.2, 0.25) is 5.91 Å². The summed E-state index contributed by atoms with van der Waals surface area (Å²) >= 11 is 0. The highest BCUT2D eigenvalue weighted by atomic mass is 16.6. The molecule has 1 aliphatic rings. The number of fused-ring (bicyclic) bond motifs is 1. The summed E-state index contributed by atoms with van der Waals surface area (Å²) < 4.78 is 12.9. The van der Waals surface area contributed by atoms with Crippen LogP contribution in [0.4, 0.5) is 0 Å². The van der Waals surface area contributed by atoms with Gasteiger partial charge in [-0.1, -0.05) is 6.07 Å². The topological polar surface area (TPSA) is 78.3 Å². The van der Waals surface area contributed by atoms with Gasteiger partial charge in [-0.2, -0.15) is 0 Å². The monoisotopic (exact) mass is 302 g/mol. The number of aromatic nitrogens is 3. The number of carbonyl (C=O) groups excluding carboxylic acids is 1. The van der Waals surface area contributed by atoms with Crippen molar-refractivity contribution in [1.29, 1.82) is 0 Å². The van der Waals surface area contributed by atoms with Crippen molar-refractivity contribution in [2.75, 3.05) is 13.2 Å². The van der Waals surface area contributed by atoms with Crippen molar-refractivity contribution in [3.8, 4) is 11.5 Å². The van der Waals surface area contributed by atoms with Crippen LogP contribution in [0.15, 0.2) is 24.5 Å². The summed E-state index contributed by atoms with van der Waals surface area (Å²) in [7, 11) is 0. The average molecular weight is 302 g/mol. The second-order valence-corrected chi connectivity index (χ2v) is 4.96. The van der Waals surface area contributed by atoms with Crippen molar-refractivity contribution in [3.05, 3.63) is 35.9 Å². The Morgan fingerprint density at radius 1 is 1.32 bits per heavy atom. The Bertz CT molecular complexity index is 669. The predicted molar refractivity (Wildman–Crippen MR) is 78.7 cm³/mol. The third-order valence-electron chi connectivity index (χ3n) is 3.45. The molecule has 22 heavy (non-hydrogen) atoms. The van der Waals surface area contributed by atoms with Gasteiger partial charge in [0.15, 0.2) is 17.3 Å². The van der Waals surface area contributed by atoms with Gasteiger partial charge in [-0.15, -0.1) is 10.2 Å². The molecule has 0 unspecified atom stereocenters. The van der Waals surface area contributed by atoms with Crippen molar-refractivity contribution in [1.82, 2.24) is 20.1 Å². The van der Waals surface area contributed by atoms with Crippen molar-refractivity contribution in [3.63, 3.8) is 0 Å². The summed E-state index contributed by atoms with van der Waals surface area (Å²) in [4.78, 5) is 12.0. The van der Waals surface area contributed by atoms with Crippen LogP contribution in [0.2, 0.25) is 0 Å². The van der Waals surface area contributed by atoms with E-state index in [1.807, 2.05) is 29.7 Å². The largest absolute Gasteiger partial charge is 0.486 e. The van der Waals surface area contributed by atoms with Gasteiger partial charge in [-0.25, -0.2) is 0 Å². The molecule has 0 atom stereocenters. The fourth-order valence-electron chi connectivity index (χ4n) is 2.30. The number of nitrogens with zero attached hydrogens (tertiary/aromatic N) is 3. The summed E-state index contributed by atoms with van der Waals surface area (Å²) in [6, 6.07) is 5.56. The number of hydrogen-bond donors (Lipinski definition) is 1. The lowest BCUT2D eigenvalue weighted by Gasteiger charge is -2.18.